The minimum absolute atomic E-state index is 0.0979. The summed E-state index contributed by atoms with van der Waals surface area (Å²) < 4.78 is 40.4. The smallest absolute Gasteiger partial charge is 0.237 e. The first-order valence-corrected chi connectivity index (χ1v) is 12.7. The van der Waals surface area contributed by atoms with Gasteiger partial charge in [0, 0.05) is 23.6 Å². The molecule has 0 aliphatic carbocycles. The molecule has 1 unspecified atom stereocenters. The summed E-state index contributed by atoms with van der Waals surface area (Å²) in [6, 6.07) is 8.50. The highest BCUT2D eigenvalue weighted by molar-refractivity contribution is 7.90. The van der Waals surface area contributed by atoms with Gasteiger partial charge < -0.3 is 29.4 Å². The Bertz CT molecular complexity index is 1320. The van der Waals surface area contributed by atoms with E-state index in [1.165, 1.54) is 6.20 Å². The number of aromatic nitrogens is 3. The highest BCUT2D eigenvalue weighted by Gasteiger charge is 2.25. The maximum absolute atomic E-state index is 11.6. The molecule has 35 heavy (non-hydrogen) atoms. The number of aliphatic hydroxyl groups is 2. The molecule has 0 saturated carbocycles. The molecule has 0 amide bonds. The fourth-order valence-corrected chi connectivity index (χ4v) is 3.75. The van der Waals surface area contributed by atoms with Gasteiger partial charge in [0.2, 0.25) is 11.8 Å². The number of hydrogen-bond donors (Lipinski definition) is 3. The molecule has 3 aromatic rings. The van der Waals surface area contributed by atoms with Gasteiger partial charge in [-0.2, -0.15) is 0 Å². The van der Waals surface area contributed by atoms with Gasteiger partial charge in [0.1, 0.15) is 35.9 Å². The maximum Gasteiger partial charge on any atom is 0.237 e. The van der Waals surface area contributed by atoms with Crippen LogP contribution in [0.4, 0.5) is 0 Å². The van der Waals surface area contributed by atoms with E-state index >= 15 is 0 Å². The number of aromatic amines is 1. The van der Waals surface area contributed by atoms with Crippen LogP contribution in [-0.2, 0) is 14.6 Å². The van der Waals surface area contributed by atoms with Gasteiger partial charge in [0.05, 0.1) is 25.1 Å². The average Bonchev–Trinajstić information content (AvgIpc) is 3.49. The molecule has 12 heteroatoms. The fourth-order valence-electron chi connectivity index (χ4n) is 3.27. The van der Waals surface area contributed by atoms with E-state index in [1.807, 2.05) is 12.1 Å². The van der Waals surface area contributed by atoms with E-state index in [0.29, 0.717) is 35.3 Å². The van der Waals surface area contributed by atoms with Crippen LogP contribution >= 0.6 is 0 Å². The minimum Gasteiger partial charge on any atom is -0.488 e. The van der Waals surface area contributed by atoms with Crippen LogP contribution in [0.5, 0.6) is 17.4 Å². The lowest BCUT2D eigenvalue weighted by molar-refractivity contribution is 0.129. The number of hydrogen-bond acceptors (Lipinski definition) is 10. The third kappa shape index (κ3) is 5.96. The minimum atomic E-state index is -3.48. The lowest BCUT2D eigenvalue weighted by Gasteiger charge is -2.15. The maximum atomic E-state index is 11.6. The lowest BCUT2D eigenvalue weighted by atomic mass is 10.1. The van der Waals surface area contributed by atoms with E-state index in [1.54, 1.807) is 32.0 Å². The van der Waals surface area contributed by atoms with Crippen LogP contribution in [0.15, 0.2) is 52.7 Å². The van der Waals surface area contributed by atoms with Crippen LogP contribution < -0.4 is 9.47 Å². The number of aliphatic imine (C=N–C) groups is 1. The summed E-state index contributed by atoms with van der Waals surface area (Å²) in [5.41, 5.74) is 2.08. The van der Waals surface area contributed by atoms with Gasteiger partial charge in [-0.15, -0.1) is 0 Å². The van der Waals surface area contributed by atoms with Crippen LogP contribution in [0.25, 0.3) is 11.3 Å². The van der Waals surface area contributed by atoms with E-state index in [-0.39, 0.29) is 23.6 Å². The topological polar surface area (TPSA) is 156 Å². The largest absolute Gasteiger partial charge is 0.488 e. The van der Waals surface area contributed by atoms with E-state index in [2.05, 4.69) is 19.9 Å². The van der Waals surface area contributed by atoms with Gasteiger partial charge in [-0.05, 0) is 38.1 Å². The summed E-state index contributed by atoms with van der Waals surface area (Å²) in [5.74, 6) is 1.32. The summed E-state index contributed by atoms with van der Waals surface area (Å²) in [6.45, 7) is 3.53. The average molecular weight is 503 g/mol. The third-order valence-corrected chi connectivity index (χ3v) is 6.11. The van der Waals surface area contributed by atoms with Crippen LogP contribution in [0.3, 0.4) is 0 Å². The Hall–Kier alpha value is -3.48. The molecule has 2 aromatic heterocycles. The molecule has 0 saturated heterocycles. The Morgan fingerprint density at radius 1 is 1.14 bits per heavy atom. The van der Waals surface area contributed by atoms with E-state index in [9.17, 15) is 18.6 Å². The van der Waals surface area contributed by atoms with Crippen LogP contribution in [0.1, 0.15) is 19.5 Å². The zero-order chi connectivity index (χ0) is 25.2. The van der Waals surface area contributed by atoms with Crippen molar-refractivity contribution >= 4 is 15.7 Å². The van der Waals surface area contributed by atoms with Gasteiger partial charge in [0.25, 0.3) is 0 Å². The third-order valence-electron chi connectivity index (χ3n) is 5.14. The zero-order valence-electron chi connectivity index (χ0n) is 19.4. The number of nitrogens with one attached hydrogen (secondary N) is 1. The molecule has 1 aromatic carbocycles. The predicted molar refractivity (Wildman–Crippen MR) is 127 cm³/mol. The predicted octanol–water partition coefficient (Wildman–Crippen LogP) is 1.95. The van der Waals surface area contributed by atoms with Crippen molar-refractivity contribution in [1.29, 1.82) is 0 Å². The summed E-state index contributed by atoms with van der Waals surface area (Å²) in [4.78, 5) is 15.6. The van der Waals surface area contributed by atoms with E-state index in [0.717, 1.165) is 18.1 Å². The number of ether oxygens (including phenoxy) is 3. The van der Waals surface area contributed by atoms with Crippen molar-refractivity contribution in [3.63, 3.8) is 0 Å². The van der Waals surface area contributed by atoms with Gasteiger partial charge >= 0.3 is 0 Å². The Balaban J connectivity index is 1.63. The molecular formula is C23H26N4O7S. The molecule has 3 N–H and O–H groups in total. The number of nitrogens with zero attached hydrogens (tertiary/aromatic N) is 3. The molecule has 1 aliphatic rings. The van der Waals surface area contributed by atoms with Crippen LogP contribution in [0, 0.1) is 0 Å². The van der Waals surface area contributed by atoms with E-state index < -0.39 is 22.0 Å². The van der Waals surface area contributed by atoms with Crippen molar-refractivity contribution in [3.8, 4) is 28.6 Å². The summed E-state index contributed by atoms with van der Waals surface area (Å²) in [7, 11) is -3.48. The quantitative estimate of drug-likeness (QED) is 0.398. The number of benzene rings is 1. The Kier molecular flexibility index (Phi) is 7.05. The second kappa shape index (κ2) is 10.0. The standard InChI is InChI=1S/C23H26N4O7S/c1-13(11-28)33-16-6-15(18-4-5-19(26-18)23-27-20(12-32-23)14(2)29)7-17(8-16)34-21-9-25-22(10-24-21)35(3,30)31/h4-10,13-14,20,26,28-29H,11-12H2,1-3H3/t13-,14+,20?/m0/s1. The first-order chi connectivity index (χ1) is 16.6. The van der Waals surface area contributed by atoms with Gasteiger partial charge in [-0.3, -0.25) is 0 Å². The first kappa shape index (κ1) is 24.6. The van der Waals surface area contributed by atoms with Crippen LogP contribution in [0.2, 0.25) is 0 Å². The molecule has 3 atom stereocenters. The summed E-state index contributed by atoms with van der Waals surface area (Å²) >= 11 is 0. The SMILES string of the molecule is C[C@@H](CO)Oc1cc(Oc2cnc(S(C)(=O)=O)cn2)cc(-c2ccc(C3=NC([C@@H](C)O)CO3)[nH]2)c1. The fraction of sp³-hybridized carbons (Fsp3) is 0.348. The normalized spacial score (nSPS) is 17.4. The zero-order valence-corrected chi connectivity index (χ0v) is 20.2. The second-order valence-corrected chi connectivity index (χ2v) is 10.2. The molecular weight excluding hydrogens is 476 g/mol. The molecule has 0 fully saturated rings. The summed E-state index contributed by atoms with van der Waals surface area (Å²) in [6.07, 6.45) is 2.33. The van der Waals surface area contributed by atoms with Crippen molar-refractivity contribution in [1.82, 2.24) is 15.0 Å². The monoisotopic (exact) mass is 502 g/mol. The highest BCUT2D eigenvalue weighted by atomic mass is 32.2. The van der Waals surface area contributed by atoms with Crippen molar-refractivity contribution in [2.75, 3.05) is 19.5 Å². The number of sulfone groups is 1. The number of H-pyrrole nitrogens is 1. The Labute approximate surface area is 202 Å². The number of rotatable bonds is 9. The first-order valence-electron chi connectivity index (χ1n) is 10.8. The molecule has 4 rings (SSSR count). The van der Waals surface area contributed by atoms with Crippen molar-refractivity contribution in [2.45, 2.75) is 37.1 Å². The van der Waals surface area contributed by atoms with Crippen LogP contribution in [-0.4, -0.2) is 77.2 Å². The molecule has 11 nitrogen and oxygen atoms in total. The molecule has 0 bridgehead atoms. The van der Waals surface area contributed by atoms with Crippen molar-refractivity contribution < 1.29 is 32.8 Å². The number of aliphatic hydroxyl groups excluding tert-OH is 2. The molecule has 3 heterocycles. The molecule has 1 aliphatic heterocycles. The van der Waals surface area contributed by atoms with Gasteiger partial charge in [-0.25, -0.2) is 23.4 Å². The lowest BCUT2D eigenvalue weighted by Crippen LogP contribution is -2.21. The molecule has 0 spiro atoms. The second-order valence-electron chi connectivity index (χ2n) is 8.21. The van der Waals surface area contributed by atoms with Gasteiger partial charge in [-0.1, -0.05) is 0 Å². The highest BCUT2D eigenvalue weighted by Crippen LogP contribution is 2.32. The Morgan fingerprint density at radius 3 is 2.51 bits per heavy atom. The molecule has 0 radical (unpaired) electrons. The Morgan fingerprint density at radius 2 is 1.89 bits per heavy atom. The molecule has 186 valence electrons. The van der Waals surface area contributed by atoms with E-state index in [4.69, 9.17) is 14.2 Å². The van der Waals surface area contributed by atoms with Crippen molar-refractivity contribution in [3.05, 3.63) is 48.4 Å². The van der Waals surface area contributed by atoms with Gasteiger partial charge in [0.15, 0.2) is 14.9 Å². The summed E-state index contributed by atoms with van der Waals surface area (Å²) in [5, 5.41) is 19.0. The van der Waals surface area contributed by atoms with Crippen molar-refractivity contribution in [2.24, 2.45) is 4.99 Å².